The molecule has 0 amide bonds. The molecular weight excluding hydrogens is 144 g/mol. The summed E-state index contributed by atoms with van der Waals surface area (Å²) in [6.45, 7) is 4.05. The summed E-state index contributed by atoms with van der Waals surface area (Å²) >= 11 is 4.89. The topological polar surface area (TPSA) is 28.7 Å². The minimum absolute atomic E-state index is 0.580. The van der Waals surface area contributed by atoms with Gasteiger partial charge >= 0.3 is 0 Å². The summed E-state index contributed by atoms with van der Waals surface area (Å²) < 4.78 is 0.580. The quantitative estimate of drug-likeness (QED) is 0.627. The Balaban J connectivity index is 3.19. The van der Waals surface area contributed by atoms with E-state index in [0.29, 0.717) is 4.77 Å². The number of nitrogens with zero attached hydrogens (tertiary/aromatic N) is 1. The van der Waals surface area contributed by atoms with Gasteiger partial charge in [-0.2, -0.15) is 0 Å². The Morgan fingerprint density at radius 2 is 2.40 bits per heavy atom. The molecule has 10 heavy (non-hydrogen) atoms. The fraction of sp³-hybridized carbons (Fsp3) is 0.429. The van der Waals surface area contributed by atoms with E-state index in [1.54, 1.807) is 0 Å². The van der Waals surface area contributed by atoms with Crippen LogP contribution in [0.1, 0.15) is 18.3 Å². The second-order valence-electron chi connectivity index (χ2n) is 2.21. The number of aryl methyl sites for hydroxylation is 2. The van der Waals surface area contributed by atoms with Crippen LogP contribution in [0.3, 0.4) is 0 Å². The van der Waals surface area contributed by atoms with Crippen LogP contribution in [0.4, 0.5) is 0 Å². The molecule has 3 heteroatoms. The van der Waals surface area contributed by atoms with Crippen LogP contribution >= 0.6 is 12.2 Å². The van der Waals surface area contributed by atoms with Crippen LogP contribution in [-0.2, 0) is 6.42 Å². The predicted octanol–water partition coefficient (Wildman–Crippen LogP) is 2.01. The standard InChI is InChI=1S/C7H10N2S/c1-3-6-4-5(2)8-7(10)9-6/h4H,3H2,1-2H3,(H,8,9,10). The molecule has 0 radical (unpaired) electrons. The summed E-state index contributed by atoms with van der Waals surface area (Å²) in [7, 11) is 0. The second-order valence-corrected chi connectivity index (χ2v) is 2.60. The summed E-state index contributed by atoms with van der Waals surface area (Å²) in [5, 5.41) is 0. The van der Waals surface area contributed by atoms with E-state index in [4.69, 9.17) is 12.2 Å². The van der Waals surface area contributed by atoms with Gasteiger partial charge in [0.05, 0.1) is 0 Å². The van der Waals surface area contributed by atoms with Crippen molar-refractivity contribution >= 4 is 12.2 Å². The normalized spacial score (nSPS) is 9.80. The number of nitrogens with one attached hydrogen (secondary N) is 1. The van der Waals surface area contributed by atoms with E-state index in [1.165, 1.54) is 0 Å². The highest BCUT2D eigenvalue weighted by Gasteiger charge is 1.90. The van der Waals surface area contributed by atoms with E-state index in [-0.39, 0.29) is 0 Å². The lowest BCUT2D eigenvalue weighted by Gasteiger charge is -1.96. The monoisotopic (exact) mass is 154 g/mol. The first-order chi connectivity index (χ1) is 4.72. The fourth-order valence-corrected chi connectivity index (χ4v) is 1.10. The maximum absolute atomic E-state index is 4.89. The van der Waals surface area contributed by atoms with Crippen molar-refractivity contribution in [2.45, 2.75) is 20.3 Å². The minimum atomic E-state index is 0.580. The zero-order chi connectivity index (χ0) is 7.56. The van der Waals surface area contributed by atoms with Gasteiger partial charge in [0.2, 0.25) is 0 Å². The zero-order valence-corrected chi connectivity index (χ0v) is 6.96. The van der Waals surface area contributed by atoms with Crippen LogP contribution in [0.25, 0.3) is 0 Å². The zero-order valence-electron chi connectivity index (χ0n) is 6.14. The van der Waals surface area contributed by atoms with Crippen LogP contribution < -0.4 is 0 Å². The molecule has 0 saturated carbocycles. The van der Waals surface area contributed by atoms with Gasteiger partial charge in [-0.15, -0.1) is 0 Å². The summed E-state index contributed by atoms with van der Waals surface area (Å²) in [6.07, 6.45) is 0.944. The Morgan fingerprint density at radius 1 is 1.70 bits per heavy atom. The van der Waals surface area contributed by atoms with Crippen LogP contribution in [-0.4, -0.2) is 9.97 Å². The molecule has 0 spiro atoms. The first kappa shape index (κ1) is 7.41. The third-order valence-corrected chi connectivity index (χ3v) is 1.49. The van der Waals surface area contributed by atoms with E-state index in [9.17, 15) is 0 Å². The molecular formula is C7H10N2S. The lowest BCUT2D eigenvalue weighted by atomic mass is 10.3. The van der Waals surface area contributed by atoms with E-state index in [1.807, 2.05) is 13.0 Å². The van der Waals surface area contributed by atoms with Crippen molar-refractivity contribution in [1.29, 1.82) is 0 Å². The molecule has 0 fully saturated rings. The largest absolute Gasteiger partial charge is 0.335 e. The van der Waals surface area contributed by atoms with Gasteiger partial charge in [-0.05, 0) is 31.6 Å². The molecule has 1 aromatic heterocycles. The molecule has 0 aliphatic carbocycles. The van der Waals surface area contributed by atoms with Gasteiger partial charge in [0.1, 0.15) is 0 Å². The molecule has 0 unspecified atom stereocenters. The molecule has 1 aromatic rings. The molecule has 2 nitrogen and oxygen atoms in total. The second kappa shape index (κ2) is 2.92. The predicted molar refractivity (Wildman–Crippen MR) is 43.5 cm³/mol. The average Bonchev–Trinajstić information content (AvgIpc) is 1.85. The van der Waals surface area contributed by atoms with E-state index >= 15 is 0 Å². The van der Waals surface area contributed by atoms with Crippen LogP contribution in [0.15, 0.2) is 6.07 Å². The lowest BCUT2D eigenvalue weighted by molar-refractivity contribution is 0.960. The first-order valence-corrected chi connectivity index (χ1v) is 3.70. The molecule has 1 heterocycles. The number of hydrogen-bond acceptors (Lipinski definition) is 2. The number of hydrogen-bond donors (Lipinski definition) is 1. The Kier molecular flexibility index (Phi) is 2.17. The van der Waals surface area contributed by atoms with Gasteiger partial charge in [0.25, 0.3) is 0 Å². The Labute approximate surface area is 65.3 Å². The van der Waals surface area contributed by atoms with Crippen LogP contribution in [0.2, 0.25) is 0 Å². The number of aromatic amines is 1. The van der Waals surface area contributed by atoms with Crippen molar-refractivity contribution in [3.63, 3.8) is 0 Å². The van der Waals surface area contributed by atoms with Gasteiger partial charge in [-0.1, -0.05) is 6.92 Å². The van der Waals surface area contributed by atoms with Crippen molar-refractivity contribution in [2.75, 3.05) is 0 Å². The highest BCUT2D eigenvalue weighted by molar-refractivity contribution is 7.71. The van der Waals surface area contributed by atoms with Gasteiger partial charge in [0.15, 0.2) is 4.77 Å². The number of rotatable bonds is 1. The first-order valence-electron chi connectivity index (χ1n) is 3.29. The number of aromatic nitrogens is 2. The lowest BCUT2D eigenvalue weighted by Crippen LogP contribution is -1.91. The van der Waals surface area contributed by atoms with Gasteiger partial charge in [0, 0.05) is 11.4 Å². The molecule has 0 aromatic carbocycles. The highest BCUT2D eigenvalue weighted by atomic mass is 32.1. The molecule has 0 aliphatic heterocycles. The van der Waals surface area contributed by atoms with Crippen molar-refractivity contribution in [3.05, 3.63) is 22.2 Å². The summed E-state index contributed by atoms with van der Waals surface area (Å²) in [5.41, 5.74) is 2.14. The van der Waals surface area contributed by atoms with Crippen LogP contribution in [0.5, 0.6) is 0 Å². The highest BCUT2D eigenvalue weighted by Crippen LogP contribution is 1.97. The van der Waals surface area contributed by atoms with Gasteiger partial charge in [-0.25, -0.2) is 4.98 Å². The Hall–Kier alpha value is -0.700. The van der Waals surface area contributed by atoms with E-state index < -0.39 is 0 Å². The molecule has 0 atom stereocenters. The summed E-state index contributed by atoms with van der Waals surface area (Å²) in [6, 6.07) is 2.01. The molecule has 0 aliphatic rings. The number of H-pyrrole nitrogens is 1. The van der Waals surface area contributed by atoms with E-state index in [2.05, 4.69) is 16.9 Å². The Morgan fingerprint density at radius 3 is 2.90 bits per heavy atom. The summed E-state index contributed by atoms with van der Waals surface area (Å²) in [5.74, 6) is 0. The Bertz CT molecular complexity index is 277. The van der Waals surface area contributed by atoms with Crippen molar-refractivity contribution in [1.82, 2.24) is 9.97 Å². The van der Waals surface area contributed by atoms with Gasteiger partial charge < -0.3 is 4.98 Å². The molecule has 54 valence electrons. The molecule has 1 rings (SSSR count). The van der Waals surface area contributed by atoms with E-state index in [0.717, 1.165) is 17.8 Å². The smallest absolute Gasteiger partial charge is 0.197 e. The maximum atomic E-state index is 4.89. The third-order valence-electron chi connectivity index (χ3n) is 1.29. The van der Waals surface area contributed by atoms with Gasteiger partial charge in [-0.3, -0.25) is 0 Å². The molecule has 0 bridgehead atoms. The SMILES string of the molecule is CCc1cc(C)[nH]c(=S)n1. The average molecular weight is 154 g/mol. The van der Waals surface area contributed by atoms with Crippen molar-refractivity contribution in [3.8, 4) is 0 Å². The van der Waals surface area contributed by atoms with Crippen LogP contribution in [0, 0.1) is 11.7 Å². The van der Waals surface area contributed by atoms with Crippen molar-refractivity contribution in [2.24, 2.45) is 0 Å². The molecule has 1 N–H and O–H groups in total. The third kappa shape index (κ3) is 1.64. The minimum Gasteiger partial charge on any atom is -0.335 e. The maximum Gasteiger partial charge on any atom is 0.197 e. The fourth-order valence-electron chi connectivity index (χ4n) is 0.826. The van der Waals surface area contributed by atoms with Crippen molar-refractivity contribution < 1.29 is 0 Å². The molecule has 0 saturated heterocycles. The summed E-state index contributed by atoms with van der Waals surface area (Å²) in [4.78, 5) is 7.06.